The van der Waals surface area contributed by atoms with Crippen LogP contribution in [0.15, 0.2) is 18.5 Å². The first kappa shape index (κ1) is 12.8. The van der Waals surface area contributed by atoms with E-state index in [1.54, 1.807) is 6.20 Å². The van der Waals surface area contributed by atoms with Gasteiger partial charge in [-0.1, -0.05) is 0 Å². The lowest BCUT2D eigenvalue weighted by atomic mass is 9.80. The molecule has 1 aliphatic rings. The quantitative estimate of drug-likeness (QED) is 0.769. The smallest absolute Gasteiger partial charge is 0.179 e. The molecule has 1 aliphatic carbocycles. The Morgan fingerprint density at radius 3 is 2.81 bits per heavy atom. The van der Waals surface area contributed by atoms with Gasteiger partial charge in [0.05, 0.1) is 11.7 Å². The maximum Gasteiger partial charge on any atom is 0.179 e. The largest absolute Gasteiger partial charge is 0.345 e. The molecule has 1 saturated carbocycles. The second-order valence-electron chi connectivity index (χ2n) is 6.11. The van der Waals surface area contributed by atoms with Crippen LogP contribution in [0.3, 0.4) is 0 Å². The van der Waals surface area contributed by atoms with Crippen LogP contribution in [-0.4, -0.2) is 31.1 Å². The molecular weight excluding hydrogens is 264 g/mol. The van der Waals surface area contributed by atoms with Crippen LogP contribution in [-0.2, 0) is 6.42 Å². The molecule has 6 nitrogen and oxygen atoms in total. The van der Waals surface area contributed by atoms with E-state index in [1.807, 2.05) is 12.3 Å². The number of nitrogens with one attached hydrogen (secondary N) is 1. The minimum Gasteiger partial charge on any atom is -0.345 e. The van der Waals surface area contributed by atoms with Gasteiger partial charge in [0, 0.05) is 12.6 Å². The van der Waals surface area contributed by atoms with Crippen molar-refractivity contribution in [2.24, 2.45) is 17.6 Å². The lowest BCUT2D eigenvalue weighted by Gasteiger charge is -2.27. The summed E-state index contributed by atoms with van der Waals surface area (Å²) in [4.78, 5) is 7.50. The number of hydrogen-bond acceptors (Lipinski definition) is 4. The molecule has 3 heterocycles. The van der Waals surface area contributed by atoms with E-state index < -0.39 is 0 Å². The summed E-state index contributed by atoms with van der Waals surface area (Å²) in [7, 11) is 0. The van der Waals surface area contributed by atoms with Gasteiger partial charge in [-0.3, -0.25) is 4.40 Å². The zero-order chi connectivity index (χ0) is 14.2. The van der Waals surface area contributed by atoms with Crippen molar-refractivity contribution in [3.05, 3.63) is 24.3 Å². The molecule has 21 heavy (non-hydrogen) atoms. The fourth-order valence-electron chi connectivity index (χ4n) is 3.50. The van der Waals surface area contributed by atoms with Gasteiger partial charge >= 0.3 is 0 Å². The summed E-state index contributed by atoms with van der Waals surface area (Å²) in [6, 6.07) is 2.04. The first-order chi connectivity index (χ1) is 10.3. The van der Waals surface area contributed by atoms with Crippen molar-refractivity contribution in [3.8, 4) is 0 Å². The summed E-state index contributed by atoms with van der Waals surface area (Å²) in [5, 5.41) is 8.65. The van der Waals surface area contributed by atoms with Crippen molar-refractivity contribution in [3.63, 3.8) is 0 Å². The minimum atomic E-state index is 0.697. The Bertz CT molecular complexity index is 750. The van der Waals surface area contributed by atoms with E-state index in [0.29, 0.717) is 5.92 Å². The Morgan fingerprint density at radius 2 is 2.00 bits per heavy atom. The Kier molecular flexibility index (Phi) is 3.11. The number of nitrogens with zero attached hydrogens (tertiary/aromatic N) is 4. The Morgan fingerprint density at radius 1 is 1.19 bits per heavy atom. The average Bonchev–Trinajstić information content (AvgIpc) is 3.14. The maximum absolute atomic E-state index is 5.77. The number of aromatic nitrogens is 5. The maximum atomic E-state index is 5.77. The molecule has 3 N–H and O–H groups in total. The van der Waals surface area contributed by atoms with Crippen LogP contribution in [0.1, 0.15) is 31.5 Å². The van der Waals surface area contributed by atoms with Crippen LogP contribution in [0, 0.1) is 11.8 Å². The molecule has 0 aliphatic heterocycles. The third-order valence-corrected chi connectivity index (χ3v) is 4.78. The van der Waals surface area contributed by atoms with Crippen LogP contribution in [0.25, 0.3) is 16.8 Å². The highest BCUT2D eigenvalue weighted by Gasteiger charge is 2.22. The van der Waals surface area contributed by atoms with Crippen molar-refractivity contribution < 1.29 is 0 Å². The molecule has 0 radical (unpaired) electrons. The van der Waals surface area contributed by atoms with E-state index in [4.69, 9.17) is 5.73 Å². The highest BCUT2D eigenvalue weighted by Crippen LogP contribution is 2.30. The summed E-state index contributed by atoms with van der Waals surface area (Å²) in [6.07, 6.45) is 9.67. The average molecular weight is 284 g/mol. The van der Waals surface area contributed by atoms with Crippen molar-refractivity contribution in [1.82, 2.24) is 24.6 Å². The monoisotopic (exact) mass is 284 g/mol. The fraction of sp³-hybridized carbons (Fsp3) is 0.533. The first-order valence-electron chi connectivity index (χ1n) is 7.71. The predicted octanol–water partition coefficient (Wildman–Crippen LogP) is 1.91. The van der Waals surface area contributed by atoms with E-state index in [-0.39, 0.29) is 0 Å². The zero-order valence-corrected chi connectivity index (χ0v) is 12.0. The Hall–Kier alpha value is -1.95. The molecule has 0 atom stereocenters. The Balaban J connectivity index is 1.63. The molecule has 0 aromatic carbocycles. The van der Waals surface area contributed by atoms with E-state index in [9.17, 15) is 0 Å². The van der Waals surface area contributed by atoms with Crippen molar-refractivity contribution >= 4 is 16.8 Å². The molecule has 0 saturated heterocycles. The molecule has 0 unspecified atom stereocenters. The summed E-state index contributed by atoms with van der Waals surface area (Å²) >= 11 is 0. The molecule has 0 bridgehead atoms. The molecule has 110 valence electrons. The van der Waals surface area contributed by atoms with Gasteiger partial charge in [-0.2, -0.15) is 0 Å². The summed E-state index contributed by atoms with van der Waals surface area (Å²) in [5.41, 5.74) is 8.54. The number of hydrogen-bond donors (Lipinski definition) is 2. The lowest BCUT2D eigenvalue weighted by Crippen LogP contribution is -2.22. The Labute approximate surface area is 122 Å². The van der Waals surface area contributed by atoms with E-state index >= 15 is 0 Å². The molecule has 3 aromatic rings. The van der Waals surface area contributed by atoms with Crippen molar-refractivity contribution in [1.29, 1.82) is 0 Å². The van der Waals surface area contributed by atoms with Crippen LogP contribution in [0.4, 0.5) is 0 Å². The predicted molar refractivity (Wildman–Crippen MR) is 80.8 cm³/mol. The second kappa shape index (κ2) is 5.11. The highest BCUT2D eigenvalue weighted by molar-refractivity contribution is 5.74. The van der Waals surface area contributed by atoms with Crippen LogP contribution >= 0.6 is 0 Å². The normalized spacial score (nSPS) is 23.1. The molecule has 1 fully saturated rings. The summed E-state index contributed by atoms with van der Waals surface area (Å²) < 4.78 is 2.13. The SMILES string of the molecule is NCC1CCC(Cc2nnc3cnc4[nH]ccc4n23)CC1. The number of H-pyrrole nitrogens is 1. The molecule has 6 heteroatoms. The number of rotatable bonds is 3. The van der Waals surface area contributed by atoms with Gasteiger partial charge in [-0.25, -0.2) is 4.98 Å². The lowest BCUT2D eigenvalue weighted by molar-refractivity contribution is 0.275. The van der Waals surface area contributed by atoms with Crippen molar-refractivity contribution in [2.45, 2.75) is 32.1 Å². The second-order valence-corrected chi connectivity index (χ2v) is 6.11. The molecule has 0 amide bonds. The third-order valence-electron chi connectivity index (χ3n) is 4.78. The van der Waals surface area contributed by atoms with Gasteiger partial charge in [-0.05, 0) is 50.1 Å². The summed E-state index contributed by atoms with van der Waals surface area (Å²) in [6.45, 7) is 0.830. The van der Waals surface area contributed by atoms with Crippen LogP contribution in [0.2, 0.25) is 0 Å². The van der Waals surface area contributed by atoms with Crippen molar-refractivity contribution in [2.75, 3.05) is 6.54 Å². The van der Waals surface area contributed by atoms with Gasteiger partial charge in [0.25, 0.3) is 0 Å². The molecule has 3 aromatic heterocycles. The van der Waals surface area contributed by atoms with Crippen LogP contribution in [0.5, 0.6) is 0 Å². The molecule has 4 rings (SSSR count). The number of nitrogens with two attached hydrogens (primary N) is 1. The van der Waals surface area contributed by atoms with E-state index in [2.05, 4.69) is 24.6 Å². The zero-order valence-electron chi connectivity index (χ0n) is 12.0. The van der Waals surface area contributed by atoms with Gasteiger partial charge in [-0.15, -0.1) is 10.2 Å². The van der Waals surface area contributed by atoms with Gasteiger partial charge in [0.2, 0.25) is 0 Å². The van der Waals surface area contributed by atoms with Gasteiger partial charge < -0.3 is 10.7 Å². The standard InChI is InChI=1S/C15H20N6/c16-8-11-3-1-10(2-4-11)7-13-19-20-14-9-18-15-12(21(13)14)5-6-17-15/h5-6,9-11,17H,1-4,7-8,16H2. The van der Waals surface area contributed by atoms with E-state index in [0.717, 1.165) is 41.5 Å². The highest BCUT2D eigenvalue weighted by atomic mass is 15.3. The topological polar surface area (TPSA) is 84.9 Å². The van der Waals surface area contributed by atoms with Crippen LogP contribution < -0.4 is 5.73 Å². The van der Waals surface area contributed by atoms with Gasteiger partial charge in [0.15, 0.2) is 11.3 Å². The molecular formula is C15H20N6. The van der Waals surface area contributed by atoms with Gasteiger partial charge in [0.1, 0.15) is 5.82 Å². The summed E-state index contributed by atoms with van der Waals surface area (Å²) in [5.74, 6) is 2.47. The fourth-order valence-corrected chi connectivity index (χ4v) is 3.50. The number of aromatic amines is 1. The first-order valence-corrected chi connectivity index (χ1v) is 7.71. The minimum absolute atomic E-state index is 0.697. The molecule has 0 spiro atoms. The number of fused-ring (bicyclic) bond motifs is 3. The third kappa shape index (κ3) is 2.19. The van der Waals surface area contributed by atoms with E-state index in [1.165, 1.54) is 25.7 Å².